The molecule has 0 saturated carbocycles. The highest BCUT2D eigenvalue weighted by Gasteiger charge is 2.20. The molecule has 2 aromatic carbocycles. The van der Waals surface area contributed by atoms with E-state index in [-0.39, 0.29) is 12.4 Å². The Balaban J connectivity index is 1.40. The maximum atomic E-state index is 13.5. The van der Waals surface area contributed by atoms with Crippen LogP contribution in [0.3, 0.4) is 0 Å². The van der Waals surface area contributed by atoms with Gasteiger partial charge in [0.05, 0.1) is 0 Å². The van der Waals surface area contributed by atoms with Gasteiger partial charge >= 0.3 is 0 Å². The van der Waals surface area contributed by atoms with Gasteiger partial charge in [0.2, 0.25) is 0 Å². The zero-order valence-electron chi connectivity index (χ0n) is 14.8. The molecule has 2 aromatic rings. The molecular formula is C20H22Cl2FN2O2. The van der Waals surface area contributed by atoms with Crippen LogP contribution in [0.2, 0.25) is 10.0 Å². The number of nitrogens with zero attached hydrogens (tertiary/aromatic N) is 2. The van der Waals surface area contributed by atoms with Crippen LogP contribution in [0.25, 0.3) is 0 Å². The molecule has 0 amide bonds. The smallest absolute Gasteiger partial charge is 0.165 e. The average molecular weight is 412 g/mol. The fraction of sp³-hybridized carbons (Fsp3) is 0.350. The Morgan fingerprint density at radius 3 is 2.67 bits per heavy atom. The fourth-order valence-corrected chi connectivity index (χ4v) is 3.43. The Bertz CT molecular complexity index is 755. The highest BCUT2D eigenvalue weighted by atomic mass is 35.5. The summed E-state index contributed by atoms with van der Waals surface area (Å²) in [5.74, 6) is -0.264. The summed E-state index contributed by atoms with van der Waals surface area (Å²) in [4.78, 5) is 4.34. The first-order valence-corrected chi connectivity index (χ1v) is 9.56. The standard InChI is InChI=1S/C20H22Cl2FN2O2/c21-16-6-5-15(18(22)11-16)12-24-7-9-25(10-8-24)13-17(26)14-27-20-4-2-1-3-19(20)23/h1-7,11,17,26H,8-10,12-14H2. The molecule has 1 atom stereocenters. The van der Waals surface area contributed by atoms with Crippen molar-refractivity contribution in [3.05, 3.63) is 70.4 Å². The summed E-state index contributed by atoms with van der Waals surface area (Å²) in [7, 11) is 0. The SMILES string of the molecule is OC(COc1ccccc1F)CN1C[CH]N(Cc2ccc(Cl)cc2Cl)CC1. The molecule has 0 bridgehead atoms. The molecule has 1 fully saturated rings. The molecule has 1 unspecified atom stereocenters. The number of halogens is 3. The molecule has 1 aliphatic rings. The minimum atomic E-state index is -0.685. The van der Waals surface area contributed by atoms with Gasteiger partial charge in [-0.15, -0.1) is 0 Å². The summed E-state index contributed by atoms with van der Waals surface area (Å²) in [6, 6.07) is 11.7. The quantitative estimate of drug-likeness (QED) is 0.750. The van der Waals surface area contributed by atoms with Crippen LogP contribution in [0, 0.1) is 12.4 Å². The molecule has 1 aliphatic heterocycles. The number of benzene rings is 2. The van der Waals surface area contributed by atoms with E-state index < -0.39 is 11.9 Å². The second kappa shape index (κ2) is 9.71. The van der Waals surface area contributed by atoms with Gasteiger partial charge in [0.1, 0.15) is 12.7 Å². The number of piperazine rings is 1. The van der Waals surface area contributed by atoms with E-state index in [4.69, 9.17) is 27.9 Å². The lowest BCUT2D eigenvalue weighted by Gasteiger charge is -2.35. The molecular weight excluding hydrogens is 390 g/mol. The van der Waals surface area contributed by atoms with E-state index in [0.29, 0.717) is 16.6 Å². The van der Waals surface area contributed by atoms with Crippen LogP contribution in [0.1, 0.15) is 5.56 Å². The summed E-state index contributed by atoms with van der Waals surface area (Å²) in [6.07, 6.45) is -0.685. The monoisotopic (exact) mass is 411 g/mol. The van der Waals surface area contributed by atoms with E-state index >= 15 is 0 Å². The molecule has 27 heavy (non-hydrogen) atoms. The third-order valence-corrected chi connectivity index (χ3v) is 5.01. The minimum Gasteiger partial charge on any atom is -0.488 e. The molecule has 0 aliphatic carbocycles. The third kappa shape index (κ3) is 6.06. The van der Waals surface area contributed by atoms with Gasteiger partial charge in [-0.3, -0.25) is 9.80 Å². The number of rotatable bonds is 7. The van der Waals surface area contributed by atoms with Crippen LogP contribution in [0.15, 0.2) is 42.5 Å². The van der Waals surface area contributed by atoms with Crippen LogP contribution in [-0.2, 0) is 6.54 Å². The summed E-state index contributed by atoms with van der Waals surface area (Å²) in [5, 5.41) is 11.5. The summed E-state index contributed by atoms with van der Waals surface area (Å²) >= 11 is 12.2. The van der Waals surface area contributed by atoms with E-state index in [1.54, 1.807) is 24.3 Å². The summed E-state index contributed by atoms with van der Waals surface area (Å²) < 4.78 is 18.9. The molecule has 7 heteroatoms. The van der Waals surface area contributed by atoms with Crippen molar-refractivity contribution < 1.29 is 14.2 Å². The Labute approximate surface area is 169 Å². The van der Waals surface area contributed by atoms with Gasteiger partial charge in [-0.2, -0.15) is 0 Å². The Kier molecular flexibility index (Phi) is 7.33. The second-order valence-corrected chi connectivity index (χ2v) is 7.39. The predicted octanol–water partition coefficient (Wildman–Crippen LogP) is 3.85. The van der Waals surface area contributed by atoms with Crippen molar-refractivity contribution >= 4 is 23.2 Å². The number of ether oxygens (including phenoxy) is 1. The van der Waals surface area contributed by atoms with Gasteiger partial charge in [0.15, 0.2) is 11.6 Å². The minimum absolute atomic E-state index is 0.0571. The van der Waals surface area contributed by atoms with E-state index in [9.17, 15) is 9.50 Å². The largest absolute Gasteiger partial charge is 0.488 e. The van der Waals surface area contributed by atoms with Gasteiger partial charge in [-0.1, -0.05) is 41.4 Å². The summed E-state index contributed by atoms with van der Waals surface area (Å²) in [6.45, 7) is 5.73. The molecule has 0 aromatic heterocycles. The molecule has 1 N–H and O–H groups in total. The lowest BCUT2D eigenvalue weighted by molar-refractivity contribution is 0.0538. The Hall–Kier alpha value is -1.37. The molecule has 1 heterocycles. The van der Waals surface area contributed by atoms with Gasteiger partial charge < -0.3 is 9.84 Å². The first kappa shape index (κ1) is 20.4. The molecule has 145 valence electrons. The first-order chi connectivity index (χ1) is 13.0. The highest BCUT2D eigenvalue weighted by molar-refractivity contribution is 6.35. The van der Waals surface area contributed by atoms with Crippen molar-refractivity contribution in [2.24, 2.45) is 0 Å². The topological polar surface area (TPSA) is 35.9 Å². The number of aliphatic hydroxyl groups excluding tert-OH is 1. The molecule has 1 radical (unpaired) electrons. The summed E-state index contributed by atoms with van der Waals surface area (Å²) in [5.41, 5.74) is 1.03. The first-order valence-electron chi connectivity index (χ1n) is 8.80. The van der Waals surface area contributed by atoms with Crippen LogP contribution in [0.4, 0.5) is 4.39 Å². The van der Waals surface area contributed by atoms with Crippen LogP contribution in [-0.4, -0.2) is 53.8 Å². The maximum absolute atomic E-state index is 13.5. The molecule has 0 spiro atoms. The molecule has 4 nitrogen and oxygen atoms in total. The molecule has 3 rings (SSSR count). The van der Waals surface area contributed by atoms with Gasteiger partial charge in [-0.05, 0) is 29.8 Å². The van der Waals surface area contributed by atoms with E-state index in [1.807, 2.05) is 12.1 Å². The van der Waals surface area contributed by atoms with Crippen LogP contribution in [0.5, 0.6) is 5.75 Å². The van der Waals surface area contributed by atoms with Gasteiger partial charge in [0, 0.05) is 49.3 Å². The van der Waals surface area contributed by atoms with Crippen LogP contribution < -0.4 is 4.74 Å². The normalized spacial score (nSPS) is 17.0. The van der Waals surface area contributed by atoms with E-state index in [0.717, 1.165) is 31.7 Å². The van der Waals surface area contributed by atoms with Crippen molar-refractivity contribution in [1.82, 2.24) is 9.80 Å². The Morgan fingerprint density at radius 1 is 1.15 bits per heavy atom. The third-order valence-electron chi connectivity index (χ3n) is 4.43. The fourth-order valence-electron chi connectivity index (χ4n) is 2.96. The van der Waals surface area contributed by atoms with E-state index in [1.165, 1.54) is 6.07 Å². The van der Waals surface area contributed by atoms with Crippen LogP contribution >= 0.6 is 23.2 Å². The lowest BCUT2D eigenvalue weighted by atomic mass is 10.2. The number of aliphatic hydroxyl groups is 1. The number of para-hydroxylation sites is 1. The average Bonchev–Trinajstić information content (AvgIpc) is 2.65. The zero-order valence-corrected chi connectivity index (χ0v) is 16.3. The van der Waals surface area contributed by atoms with Crippen molar-refractivity contribution in [3.8, 4) is 5.75 Å². The predicted molar refractivity (Wildman–Crippen MR) is 106 cm³/mol. The maximum Gasteiger partial charge on any atom is 0.165 e. The Morgan fingerprint density at radius 2 is 1.96 bits per heavy atom. The van der Waals surface area contributed by atoms with Gasteiger partial charge in [-0.25, -0.2) is 4.39 Å². The van der Waals surface area contributed by atoms with Crippen molar-refractivity contribution in [2.75, 3.05) is 32.8 Å². The lowest BCUT2D eigenvalue weighted by Crippen LogP contribution is -2.46. The van der Waals surface area contributed by atoms with Gasteiger partial charge in [0.25, 0.3) is 0 Å². The second-order valence-electron chi connectivity index (χ2n) is 6.54. The number of hydrogen-bond acceptors (Lipinski definition) is 4. The van der Waals surface area contributed by atoms with Crippen molar-refractivity contribution in [2.45, 2.75) is 12.6 Å². The molecule has 1 saturated heterocycles. The number of β-amino-alcohol motifs (C(OH)–C–C–N with tert-alkyl or cyclic N) is 1. The van der Waals surface area contributed by atoms with Crippen molar-refractivity contribution in [3.63, 3.8) is 0 Å². The van der Waals surface area contributed by atoms with Crippen molar-refractivity contribution in [1.29, 1.82) is 0 Å². The van der Waals surface area contributed by atoms with E-state index in [2.05, 4.69) is 16.3 Å². The highest BCUT2D eigenvalue weighted by Crippen LogP contribution is 2.23. The number of hydrogen-bond donors (Lipinski definition) is 1. The zero-order chi connectivity index (χ0) is 19.2.